The van der Waals surface area contributed by atoms with E-state index in [1.807, 2.05) is 18.9 Å². The molecule has 0 bridgehead atoms. The first kappa shape index (κ1) is 24.5. The van der Waals surface area contributed by atoms with Crippen LogP contribution in [0.25, 0.3) is 0 Å². The van der Waals surface area contributed by atoms with Gasteiger partial charge in [0.15, 0.2) is 0 Å². The van der Waals surface area contributed by atoms with Crippen molar-refractivity contribution >= 4 is 17.7 Å². The zero-order valence-corrected chi connectivity index (χ0v) is 18.3. The third-order valence-electron chi connectivity index (χ3n) is 5.71. The summed E-state index contributed by atoms with van der Waals surface area (Å²) in [6.45, 7) is 10.9. The summed E-state index contributed by atoms with van der Waals surface area (Å²) in [5.74, 6) is -0.579. The van der Waals surface area contributed by atoms with Crippen molar-refractivity contribution in [3.8, 4) is 0 Å². The minimum absolute atomic E-state index is 0.0443. The second-order valence-electron chi connectivity index (χ2n) is 7.56. The van der Waals surface area contributed by atoms with Gasteiger partial charge in [0, 0.05) is 40.1 Å². The van der Waals surface area contributed by atoms with Crippen molar-refractivity contribution in [1.29, 1.82) is 0 Å². The summed E-state index contributed by atoms with van der Waals surface area (Å²) >= 11 is 1.04. The van der Waals surface area contributed by atoms with Crippen molar-refractivity contribution in [3.05, 3.63) is 58.7 Å². The highest BCUT2D eigenvalue weighted by Crippen LogP contribution is 2.40. The standard InChI is InChI=1S/C22H28F4N2OS/c1-6-21(29)28-12-11-18(15(28)3)27(5)16(4)20(13-14(2)22(24,25)26)30-19-10-8-7-9-17(19)23/h6-7,9,13,15-16,18H,1-2,8,10-12H2,3-5H3/b20-13-. The average molecular weight is 445 g/mol. The molecule has 1 aliphatic heterocycles. The number of alkyl halides is 3. The number of likely N-dealkylation sites (tertiary alicyclic amines) is 1. The normalized spacial score (nSPS) is 23.9. The van der Waals surface area contributed by atoms with Crippen molar-refractivity contribution < 1.29 is 22.4 Å². The molecule has 2 aliphatic rings. The van der Waals surface area contributed by atoms with Crippen molar-refractivity contribution in [2.24, 2.45) is 0 Å². The van der Waals surface area contributed by atoms with Gasteiger partial charge in [-0.3, -0.25) is 9.69 Å². The predicted molar refractivity (Wildman–Crippen MR) is 114 cm³/mol. The maximum Gasteiger partial charge on any atom is 0.415 e. The molecule has 166 valence electrons. The van der Waals surface area contributed by atoms with Crippen LogP contribution in [0.1, 0.15) is 33.1 Å². The topological polar surface area (TPSA) is 23.6 Å². The van der Waals surface area contributed by atoms with Crippen LogP contribution in [-0.4, -0.2) is 53.6 Å². The van der Waals surface area contributed by atoms with Gasteiger partial charge in [-0.25, -0.2) is 4.39 Å². The van der Waals surface area contributed by atoms with E-state index in [0.717, 1.165) is 17.8 Å². The number of halogens is 4. The van der Waals surface area contributed by atoms with Crippen LogP contribution in [0.4, 0.5) is 17.6 Å². The summed E-state index contributed by atoms with van der Waals surface area (Å²) in [5.41, 5.74) is -0.972. The van der Waals surface area contributed by atoms with Crippen LogP contribution >= 0.6 is 11.8 Å². The molecule has 0 radical (unpaired) electrons. The van der Waals surface area contributed by atoms with Crippen LogP contribution in [0.5, 0.6) is 0 Å². The Balaban J connectivity index is 2.29. The number of hydrogen-bond acceptors (Lipinski definition) is 3. The van der Waals surface area contributed by atoms with E-state index in [2.05, 4.69) is 13.2 Å². The van der Waals surface area contributed by atoms with Crippen LogP contribution < -0.4 is 0 Å². The summed E-state index contributed by atoms with van der Waals surface area (Å²) in [6.07, 6.45) is 2.56. The van der Waals surface area contributed by atoms with Gasteiger partial charge in [-0.2, -0.15) is 13.2 Å². The second kappa shape index (κ2) is 10.0. The van der Waals surface area contributed by atoms with Gasteiger partial charge in [-0.05, 0) is 58.4 Å². The Morgan fingerprint density at radius 3 is 2.67 bits per heavy atom. The van der Waals surface area contributed by atoms with Crippen molar-refractivity contribution in [1.82, 2.24) is 9.80 Å². The molecule has 8 heteroatoms. The highest BCUT2D eigenvalue weighted by atomic mass is 32.2. The molecule has 3 unspecified atom stereocenters. The van der Waals surface area contributed by atoms with E-state index in [9.17, 15) is 22.4 Å². The molecule has 3 nitrogen and oxygen atoms in total. The number of amides is 1. The minimum Gasteiger partial charge on any atom is -0.335 e. The highest BCUT2D eigenvalue weighted by molar-refractivity contribution is 8.06. The highest BCUT2D eigenvalue weighted by Gasteiger charge is 2.38. The average Bonchev–Trinajstić information content (AvgIpc) is 3.07. The lowest BCUT2D eigenvalue weighted by Gasteiger charge is -2.36. The minimum atomic E-state index is -4.56. The third kappa shape index (κ3) is 5.66. The Morgan fingerprint density at radius 1 is 1.43 bits per heavy atom. The monoisotopic (exact) mass is 444 g/mol. The van der Waals surface area contributed by atoms with Crippen LogP contribution in [0.15, 0.2) is 58.7 Å². The number of nitrogens with zero attached hydrogens (tertiary/aromatic N) is 2. The summed E-state index contributed by atoms with van der Waals surface area (Å²) < 4.78 is 53.7. The summed E-state index contributed by atoms with van der Waals surface area (Å²) in [6, 6.07) is -0.586. The number of allylic oxidation sites excluding steroid dienone is 6. The summed E-state index contributed by atoms with van der Waals surface area (Å²) in [4.78, 5) is 16.5. The van der Waals surface area contributed by atoms with Crippen molar-refractivity contribution in [3.63, 3.8) is 0 Å². The third-order valence-corrected chi connectivity index (χ3v) is 7.05. The first-order chi connectivity index (χ1) is 14.0. The first-order valence-electron chi connectivity index (χ1n) is 9.83. The molecule has 0 aromatic heterocycles. The smallest absolute Gasteiger partial charge is 0.335 e. The molecule has 1 fully saturated rings. The van der Waals surface area contributed by atoms with Gasteiger partial charge in [0.1, 0.15) is 5.83 Å². The largest absolute Gasteiger partial charge is 0.415 e. The van der Waals surface area contributed by atoms with E-state index in [4.69, 9.17) is 0 Å². The number of hydrogen-bond donors (Lipinski definition) is 0. The molecule has 3 atom stereocenters. The molecule has 1 aliphatic carbocycles. The number of rotatable bonds is 7. The van der Waals surface area contributed by atoms with Gasteiger partial charge in [-0.1, -0.05) is 31.0 Å². The van der Waals surface area contributed by atoms with E-state index in [1.165, 1.54) is 12.2 Å². The first-order valence-corrected chi connectivity index (χ1v) is 10.6. The lowest BCUT2D eigenvalue weighted by atomic mass is 10.1. The van der Waals surface area contributed by atoms with Gasteiger partial charge < -0.3 is 4.90 Å². The molecule has 0 aromatic carbocycles. The molecule has 0 aromatic rings. The van der Waals surface area contributed by atoms with Crippen LogP contribution in [0, 0.1) is 0 Å². The number of likely N-dealkylation sites (N-methyl/N-ethyl adjacent to an activating group) is 1. The molecule has 0 saturated carbocycles. The molecule has 30 heavy (non-hydrogen) atoms. The Kier molecular flexibility index (Phi) is 8.16. The molecule has 1 heterocycles. The van der Waals surface area contributed by atoms with Gasteiger partial charge in [0.05, 0.1) is 0 Å². The molecule has 1 saturated heterocycles. The molecular weight excluding hydrogens is 416 g/mol. The maximum atomic E-state index is 14.2. The molecular formula is C22H28F4N2OS. The van der Waals surface area contributed by atoms with Crippen LogP contribution in [0.3, 0.4) is 0 Å². The Bertz CT molecular complexity index is 784. The molecule has 0 N–H and O–H groups in total. The Labute approximate surface area is 179 Å². The van der Waals surface area contributed by atoms with E-state index in [1.54, 1.807) is 17.9 Å². The number of carbonyl (C=O) groups excluding carboxylic acids is 1. The summed E-state index contributed by atoms with van der Waals surface area (Å²) in [7, 11) is 1.82. The SMILES string of the molecule is C=CC(=O)N1CCC(N(C)C(C)/C(=C/C(=C)C(F)(F)F)SC2=C(F)C=CCC2)C1C. The number of thioether (sulfide) groups is 1. The molecule has 2 rings (SSSR count). The van der Waals surface area contributed by atoms with E-state index in [0.29, 0.717) is 35.6 Å². The zero-order chi connectivity index (χ0) is 22.6. The Morgan fingerprint density at radius 2 is 2.10 bits per heavy atom. The predicted octanol–water partition coefficient (Wildman–Crippen LogP) is 5.75. The van der Waals surface area contributed by atoms with E-state index < -0.39 is 23.6 Å². The van der Waals surface area contributed by atoms with Gasteiger partial charge >= 0.3 is 6.18 Å². The van der Waals surface area contributed by atoms with E-state index >= 15 is 0 Å². The number of carbonyl (C=O) groups is 1. The molecule has 1 amide bonds. The van der Waals surface area contributed by atoms with E-state index in [-0.39, 0.29) is 18.0 Å². The van der Waals surface area contributed by atoms with Gasteiger partial charge in [-0.15, -0.1) is 0 Å². The van der Waals surface area contributed by atoms with Gasteiger partial charge in [0.2, 0.25) is 5.91 Å². The molecule has 0 spiro atoms. The van der Waals surface area contributed by atoms with Crippen molar-refractivity contribution in [2.45, 2.75) is 57.4 Å². The summed E-state index contributed by atoms with van der Waals surface area (Å²) in [5, 5.41) is 0. The fourth-order valence-corrected chi connectivity index (χ4v) is 4.94. The van der Waals surface area contributed by atoms with Gasteiger partial charge in [0.25, 0.3) is 0 Å². The lowest BCUT2D eigenvalue weighted by molar-refractivity contribution is -0.126. The Hall–Kier alpha value is -1.80. The van der Waals surface area contributed by atoms with Crippen LogP contribution in [0.2, 0.25) is 0 Å². The lowest BCUT2D eigenvalue weighted by Crippen LogP contribution is -2.46. The maximum absolute atomic E-state index is 14.2. The van der Waals surface area contributed by atoms with Crippen LogP contribution in [-0.2, 0) is 4.79 Å². The fourth-order valence-electron chi connectivity index (χ4n) is 3.73. The second-order valence-corrected chi connectivity index (χ2v) is 8.73. The van der Waals surface area contributed by atoms with Crippen molar-refractivity contribution in [2.75, 3.05) is 13.6 Å². The fraction of sp³-hybridized carbons (Fsp3) is 0.500. The quantitative estimate of drug-likeness (QED) is 0.284. The zero-order valence-electron chi connectivity index (χ0n) is 17.5.